The second-order valence-electron chi connectivity index (χ2n) is 33.2. The van der Waals surface area contributed by atoms with Crippen LogP contribution in [-0.2, 0) is 24.4 Å². The molecule has 0 bridgehead atoms. The Labute approximate surface area is 676 Å². The number of hydrogen-bond donors (Lipinski definition) is 3. The van der Waals surface area contributed by atoms with Gasteiger partial charge in [-0.3, -0.25) is 43.5 Å². The van der Waals surface area contributed by atoms with Gasteiger partial charge in [0, 0.05) is 106 Å². The summed E-state index contributed by atoms with van der Waals surface area (Å²) >= 11 is 19.1. The van der Waals surface area contributed by atoms with Crippen LogP contribution in [0.25, 0.3) is 101 Å². The van der Waals surface area contributed by atoms with Crippen molar-refractivity contribution in [3.8, 4) is 68.3 Å². The van der Waals surface area contributed by atoms with E-state index in [4.69, 9.17) is 83.0 Å². The Kier molecular flexibility index (Phi) is 22.4. The van der Waals surface area contributed by atoms with Crippen molar-refractivity contribution in [2.45, 2.75) is 200 Å². The van der Waals surface area contributed by atoms with Crippen LogP contribution in [0.2, 0.25) is 15.1 Å². The molecule has 0 radical (unpaired) electrons. The topological polar surface area (TPSA) is 326 Å². The molecule has 115 heavy (non-hydrogen) atoms. The van der Waals surface area contributed by atoms with Crippen molar-refractivity contribution >= 4 is 85.7 Å². The Morgan fingerprint density at radius 2 is 0.852 bits per heavy atom. The first-order valence-electron chi connectivity index (χ1n) is 40.7. The predicted molar refractivity (Wildman–Crippen MR) is 435 cm³/mol. The molecular formula is C82H94Cl3F2N21O7. The Morgan fingerprint density at radius 1 is 0.461 bits per heavy atom. The van der Waals surface area contributed by atoms with Crippen molar-refractivity contribution in [2.24, 2.45) is 41.4 Å². The predicted octanol–water partition coefficient (Wildman–Crippen LogP) is 16.6. The third kappa shape index (κ3) is 16.2. The van der Waals surface area contributed by atoms with Crippen molar-refractivity contribution in [3.05, 3.63) is 120 Å². The van der Waals surface area contributed by atoms with Crippen LogP contribution in [0, 0.1) is 41.4 Å². The fraction of sp³-hybridized carbons (Fsp3) is 0.524. The summed E-state index contributed by atoms with van der Waals surface area (Å²) < 4.78 is 55.2. The van der Waals surface area contributed by atoms with E-state index in [1.54, 1.807) is 48.0 Å². The van der Waals surface area contributed by atoms with Crippen molar-refractivity contribution < 1.29 is 27.1 Å². The van der Waals surface area contributed by atoms with Gasteiger partial charge in [-0.25, -0.2) is 53.1 Å². The summed E-state index contributed by atoms with van der Waals surface area (Å²) in [4.78, 5) is 92.9. The van der Waals surface area contributed by atoms with Crippen LogP contribution in [0.1, 0.15) is 157 Å². The van der Waals surface area contributed by atoms with Crippen molar-refractivity contribution in [1.29, 1.82) is 0 Å². The maximum absolute atomic E-state index is 14.1. The number of rotatable bonds is 16. The molecule has 33 heteroatoms. The molecule has 19 rings (SSSR count). The van der Waals surface area contributed by atoms with Gasteiger partial charge in [0.05, 0.1) is 83.4 Å². The lowest BCUT2D eigenvalue weighted by Gasteiger charge is -2.39. The fourth-order valence-electron chi connectivity index (χ4n) is 18.7. The standard InChI is InChI=1S/C28H32ClN7O3.C28H34ClN7O2.C26H28ClF2N7O2/c1-17-3-5-18(6-4-17)15-35-24-21(32-26(35)36-9-2-7-28(36)8-10-38-16-28)12-22(25-33-27(37)39-34-25)31-23(24)19-11-20(29)14-30-13-19;1-16-6-8-19(9-7-16)15-36-25-22(32-27(36)35-10-4-5-17(2)18(35)3)12-23(26-33-28(37)38-34-26)31-24(25)20-11-21(29)14-30-13-20;1-14-4-6-15(7-5-14)13-36-22-18(32-25(36)35-8-2-3-20(35)23(28)29)10-19(24-33-26(37)38-34-24)31-21(22)16-9-17(27)12-30-11-16/h11-14,17-18H,2-10,15-16H2,1H3,(H,33,34,37);11-14,16-19H,4-10,15H2,1-3H3,(H,33,34,37);9-12,14-15,20,23H,2-8,13H2,1H3,(H,33,34,37)/t;;14?,15?,20-/m..0/s1. The normalized spacial score (nSPS) is 23.9. The van der Waals surface area contributed by atoms with Gasteiger partial charge >= 0.3 is 17.3 Å². The number of aromatic nitrogens is 18. The van der Waals surface area contributed by atoms with E-state index in [1.165, 1.54) is 64.0 Å². The fourth-order valence-corrected chi connectivity index (χ4v) is 19.2. The third-order valence-electron chi connectivity index (χ3n) is 25.2. The Morgan fingerprint density at radius 3 is 1.23 bits per heavy atom. The summed E-state index contributed by atoms with van der Waals surface area (Å²) in [6, 6.07) is 10.5. The zero-order valence-electron chi connectivity index (χ0n) is 65.1. The van der Waals surface area contributed by atoms with Gasteiger partial charge in [0.1, 0.15) is 17.1 Å². The molecule has 28 nitrogen and oxygen atoms in total. The molecule has 16 heterocycles. The highest BCUT2D eigenvalue weighted by Gasteiger charge is 2.47. The van der Waals surface area contributed by atoms with E-state index >= 15 is 0 Å². The molecule has 3 N–H and O–H groups in total. The van der Waals surface area contributed by atoms with Gasteiger partial charge in [-0.15, -0.1) is 0 Å². The van der Waals surface area contributed by atoms with Crippen LogP contribution in [0.4, 0.5) is 26.6 Å². The quantitative estimate of drug-likeness (QED) is 0.0809. The molecule has 4 aliphatic heterocycles. The second-order valence-corrected chi connectivity index (χ2v) is 34.5. The van der Waals surface area contributed by atoms with Gasteiger partial charge in [0.2, 0.25) is 35.3 Å². The van der Waals surface area contributed by atoms with Crippen molar-refractivity contribution in [1.82, 2.24) is 89.0 Å². The molecule has 3 aliphatic carbocycles. The van der Waals surface area contributed by atoms with Crippen LogP contribution in [0.15, 0.2) is 102 Å². The van der Waals surface area contributed by atoms with Crippen LogP contribution in [0.5, 0.6) is 0 Å². The SMILES string of the molecule is CC1CCC(Cn2c(N3CCCC(C)C3C)nc3cc(-c4noc(=O)[nH]4)nc(-c4cncc(Cl)c4)c32)CC1.CC1CCC(Cn2c(N3CCCC34CCOC4)nc3cc(-c4noc(=O)[nH]4)nc(-c4cncc(Cl)c4)c32)CC1.CC1CCC(Cn2c(N3CCC[C@H]3C(F)F)nc3cc(-c4noc(=O)[nH]4)nc(-c4cncc(Cl)c4)c32)CC1. The molecule has 7 aliphatic rings. The Bertz CT molecular complexity index is 5450. The number of nitrogens with one attached hydrogen (secondary N) is 3. The third-order valence-corrected chi connectivity index (χ3v) is 25.8. The van der Waals surface area contributed by atoms with Gasteiger partial charge in [0.15, 0.2) is 0 Å². The van der Waals surface area contributed by atoms with Crippen molar-refractivity contribution in [3.63, 3.8) is 0 Å². The van der Waals surface area contributed by atoms with E-state index in [-0.39, 0.29) is 23.0 Å². The second kappa shape index (κ2) is 33.1. The number of imidazole rings is 3. The molecular weight excluding hydrogens is 1540 g/mol. The zero-order valence-corrected chi connectivity index (χ0v) is 67.4. The van der Waals surface area contributed by atoms with E-state index in [9.17, 15) is 23.2 Å². The number of H-pyrrole nitrogens is 3. The van der Waals surface area contributed by atoms with Crippen LogP contribution in [0.3, 0.4) is 0 Å². The maximum atomic E-state index is 14.1. The first-order valence-corrected chi connectivity index (χ1v) is 41.8. The molecule has 12 aromatic heterocycles. The van der Waals surface area contributed by atoms with Gasteiger partial charge in [-0.05, 0) is 168 Å². The summed E-state index contributed by atoms with van der Waals surface area (Å²) in [5.74, 6) is 5.57. The van der Waals surface area contributed by atoms with E-state index in [0.717, 1.165) is 159 Å². The molecule has 3 unspecified atom stereocenters. The number of piperidine rings is 1. The lowest BCUT2D eigenvalue weighted by molar-refractivity contribution is 0.116. The minimum Gasteiger partial charge on any atom is -0.379 e. The minimum absolute atomic E-state index is 0.0222. The lowest BCUT2D eigenvalue weighted by Crippen LogP contribution is -2.46. The number of halogens is 5. The highest BCUT2D eigenvalue weighted by molar-refractivity contribution is 6.31. The average Bonchev–Trinajstić information content (AvgIpc) is 1.61. The van der Waals surface area contributed by atoms with Crippen LogP contribution in [-0.4, -0.2) is 146 Å². The molecule has 3 saturated carbocycles. The zero-order chi connectivity index (χ0) is 79.3. The molecule has 4 saturated heterocycles. The summed E-state index contributed by atoms with van der Waals surface area (Å²) in [7, 11) is 0. The molecule has 0 amide bonds. The van der Waals surface area contributed by atoms with Gasteiger partial charge in [-0.1, -0.05) is 116 Å². The van der Waals surface area contributed by atoms with Gasteiger partial charge in [-0.2, -0.15) is 0 Å². The van der Waals surface area contributed by atoms with E-state index in [2.05, 4.69) is 103 Å². The smallest absolute Gasteiger partial charge is 0.379 e. The number of aromatic amines is 3. The number of fused-ring (bicyclic) bond motifs is 3. The molecule has 12 aromatic rings. The van der Waals surface area contributed by atoms with E-state index in [0.29, 0.717) is 122 Å². The number of hydrogen-bond acceptors (Lipinski definition) is 22. The first kappa shape index (κ1) is 77.8. The van der Waals surface area contributed by atoms with Crippen LogP contribution >= 0.6 is 34.8 Å². The number of anilines is 3. The molecule has 7 fully saturated rings. The van der Waals surface area contributed by atoms with Gasteiger partial charge < -0.3 is 33.1 Å². The Balaban J connectivity index is 0.000000124. The monoisotopic (exact) mass is 1630 g/mol. The van der Waals surface area contributed by atoms with Gasteiger partial charge in [0.25, 0.3) is 6.43 Å². The molecule has 4 atom stereocenters. The van der Waals surface area contributed by atoms with Crippen molar-refractivity contribution in [2.75, 3.05) is 47.5 Å². The Hall–Kier alpha value is -9.78. The number of pyridine rings is 6. The first-order chi connectivity index (χ1) is 55.7. The average molecular weight is 1630 g/mol. The largest absolute Gasteiger partial charge is 0.439 e. The van der Waals surface area contributed by atoms with Crippen LogP contribution < -0.4 is 32.0 Å². The summed E-state index contributed by atoms with van der Waals surface area (Å²) in [5.41, 5.74) is 10.3. The number of alkyl halides is 2. The van der Waals surface area contributed by atoms with E-state index in [1.807, 2.05) is 24.3 Å². The highest BCUT2D eigenvalue weighted by Crippen LogP contribution is 2.46. The minimum atomic E-state index is -2.48. The highest BCUT2D eigenvalue weighted by atomic mass is 35.5. The molecule has 1 spiro atoms. The summed E-state index contributed by atoms with van der Waals surface area (Å²) in [6.45, 7) is 18.0. The molecule has 604 valence electrons. The maximum Gasteiger partial charge on any atom is 0.439 e. The summed E-state index contributed by atoms with van der Waals surface area (Å²) in [6.07, 6.45) is 28.4. The van der Waals surface area contributed by atoms with E-state index < -0.39 is 29.7 Å². The number of ether oxygens (including phenoxy) is 1. The molecule has 0 aromatic carbocycles. The lowest BCUT2D eigenvalue weighted by atomic mass is 9.83. The number of nitrogens with zero attached hydrogens (tertiary/aromatic N) is 18. The summed E-state index contributed by atoms with van der Waals surface area (Å²) in [5, 5.41) is 13.1.